The van der Waals surface area contributed by atoms with E-state index in [4.69, 9.17) is 5.73 Å². The van der Waals surface area contributed by atoms with Crippen molar-refractivity contribution >= 4 is 28.3 Å². The van der Waals surface area contributed by atoms with E-state index in [0.717, 1.165) is 30.9 Å². The Morgan fingerprint density at radius 2 is 2.20 bits per heavy atom. The minimum atomic E-state index is -0.179. The SMILES string of the molecule is CCCN1CCC(Nc2snc(N)c2C(=O)NC)CC1. The van der Waals surface area contributed by atoms with Crippen LogP contribution in [0.4, 0.5) is 10.8 Å². The Balaban J connectivity index is 1.96. The predicted octanol–water partition coefficient (Wildman–Crippen LogP) is 1.37. The molecule has 20 heavy (non-hydrogen) atoms. The molecule has 112 valence electrons. The van der Waals surface area contributed by atoms with Crippen LogP contribution in [0.15, 0.2) is 0 Å². The summed E-state index contributed by atoms with van der Waals surface area (Å²) < 4.78 is 4.08. The number of anilines is 2. The summed E-state index contributed by atoms with van der Waals surface area (Å²) in [5, 5.41) is 6.83. The standard InChI is InChI=1S/C13H23N5OS/c1-3-6-18-7-4-9(5-8-18)16-13-10(12(19)15-2)11(14)17-20-13/h9,16H,3-8H2,1-2H3,(H2,14,17)(H,15,19). The molecular weight excluding hydrogens is 274 g/mol. The first-order chi connectivity index (χ1) is 9.65. The minimum Gasteiger partial charge on any atom is -0.382 e. The molecule has 0 spiro atoms. The third kappa shape index (κ3) is 3.40. The Labute approximate surface area is 123 Å². The number of nitrogens with two attached hydrogens (primary N) is 1. The first kappa shape index (κ1) is 15.1. The van der Waals surface area contributed by atoms with E-state index in [-0.39, 0.29) is 5.91 Å². The van der Waals surface area contributed by atoms with Crippen LogP contribution in [0.1, 0.15) is 36.5 Å². The highest BCUT2D eigenvalue weighted by Crippen LogP contribution is 2.28. The normalized spacial score (nSPS) is 17.1. The van der Waals surface area contributed by atoms with Crippen LogP contribution in [-0.2, 0) is 0 Å². The maximum absolute atomic E-state index is 11.8. The average Bonchev–Trinajstić information content (AvgIpc) is 2.81. The van der Waals surface area contributed by atoms with Gasteiger partial charge in [0.15, 0.2) is 5.82 Å². The predicted molar refractivity (Wildman–Crippen MR) is 83.3 cm³/mol. The van der Waals surface area contributed by atoms with E-state index in [1.54, 1.807) is 7.05 Å². The lowest BCUT2D eigenvalue weighted by Crippen LogP contribution is -2.39. The molecule has 1 aliphatic heterocycles. The van der Waals surface area contributed by atoms with Crippen molar-refractivity contribution in [2.75, 3.05) is 37.7 Å². The fourth-order valence-corrected chi connectivity index (χ4v) is 3.34. The van der Waals surface area contributed by atoms with Crippen molar-refractivity contribution in [2.45, 2.75) is 32.2 Å². The molecule has 0 radical (unpaired) electrons. The van der Waals surface area contributed by atoms with Crippen LogP contribution in [0.5, 0.6) is 0 Å². The Hall–Kier alpha value is -1.34. The number of amides is 1. The molecule has 0 atom stereocenters. The molecule has 0 bridgehead atoms. The second-order valence-electron chi connectivity index (χ2n) is 5.11. The number of carbonyl (C=O) groups excluding carboxylic acids is 1. The Morgan fingerprint density at radius 1 is 1.50 bits per heavy atom. The molecule has 0 unspecified atom stereocenters. The highest BCUT2D eigenvalue weighted by atomic mass is 32.1. The van der Waals surface area contributed by atoms with Crippen LogP contribution >= 0.6 is 11.5 Å². The van der Waals surface area contributed by atoms with Crippen molar-refractivity contribution in [3.8, 4) is 0 Å². The monoisotopic (exact) mass is 297 g/mol. The third-order valence-electron chi connectivity index (χ3n) is 3.64. The summed E-state index contributed by atoms with van der Waals surface area (Å²) in [6.45, 7) is 5.59. The van der Waals surface area contributed by atoms with Gasteiger partial charge in [0, 0.05) is 26.2 Å². The molecule has 2 heterocycles. The van der Waals surface area contributed by atoms with Gasteiger partial charge < -0.3 is 21.3 Å². The zero-order chi connectivity index (χ0) is 14.5. The number of hydrogen-bond acceptors (Lipinski definition) is 6. The third-order valence-corrected chi connectivity index (χ3v) is 4.43. The fourth-order valence-electron chi connectivity index (χ4n) is 2.55. The van der Waals surface area contributed by atoms with Crippen LogP contribution in [0.3, 0.4) is 0 Å². The molecule has 7 heteroatoms. The summed E-state index contributed by atoms with van der Waals surface area (Å²) in [5.41, 5.74) is 6.25. The van der Waals surface area contributed by atoms with E-state index in [9.17, 15) is 4.79 Å². The van der Waals surface area contributed by atoms with Crippen molar-refractivity contribution in [1.82, 2.24) is 14.6 Å². The van der Waals surface area contributed by atoms with Gasteiger partial charge in [-0.05, 0) is 37.3 Å². The second kappa shape index (κ2) is 6.90. The zero-order valence-corrected chi connectivity index (χ0v) is 12.9. The molecule has 1 saturated heterocycles. The van der Waals surface area contributed by atoms with Crippen LogP contribution in [-0.4, -0.2) is 47.9 Å². The summed E-state index contributed by atoms with van der Waals surface area (Å²) in [7, 11) is 1.60. The van der Waals surface area contributed by atoms with Gasteiger partial charge in [-0.1, -0.05) is 6.92 Å². The number of rotatable bonds is 5. The van der Waals surface area contributed by atoms with E-state index >= 15 is 0 Å². The lowest BCUT2D eigenvalue weighted by molar-refractivity contribution is 0.0965. The van der Waals surface area contributed by atoms with E-state index in [0.29, 0.717) is 17.4 Å². The first-order valence-corrected chi connectivity index (χ1v) is 7.89. The van der Waals surface area contributed by atoms with Gasteiger partial charge in [0.2, 0.25) is 0 Å². The molecule has 2 rings (SSSR count). The number of hydrogen-bond donors (Lipinski definition) is 3. The summed E-state index contributed by atoms with van der Waals surface area (Å²) in [5.74, 6) is 0.127. The van der Waals surface area contributed by atoms with Gasteiger partial charge in [-0.3, -0.25) is 4.79 Å². The number of aromatic nitrogens is 1. The van der Waals surface area contributed by atoms with Crippen molar-refractivity contribution < 1.29 is 4.79 Å². The number of piperidine rings is 1. The van der Waals surface area contributed by atoms with Gasteiger partial charge in [0.1, 0.15) is 10.6 Å². The van der Waals surface area contributed by atoms with Gasteiger partial charge in [-0.2, -0.15) is 4.37 Å². The quantitative estimate of drug-likeness (QED) is 0.764. The van der Waals surface area contributed by atoms with E-state index < -0.39 is 0 Å². The van der Waals surface area contributed by atoms with Crippen molar-refractivity contribution in [3.05, 3.63) is 5.56 Å². The van der Waals surface area contributed by atoms with Crippen LogP contribution < -0.4 is 16.4 Å². The van der Waals surface area contributed by atoms with Gasteiger partial charge in [0.05, 0.1) is 0 Å². The van der Waals surface area contributed by atoms with Crippen LogP contribution in [0, 0.1) is 0 Å². The number of nitrogens with zero attached hydrogens (tertiary/aromatic N) is 2. The average molecular weight is 297 g/mol. The lowest BCUT2D eigenvalue weighted by Gasteiger charge is -2.32. The minimum absolute atomic E-state index is 0.179. The molecule has 1 aromatic heterocycles. The molecular formula is C13H23N5OS. The van der Waals surface area contributed by atoms with Gasteiger partial charge >= 0.3 is 0 Å². The summed E-state index contributed by atoms with van der Waals surface area (Å²) in [6, 6.07) is 0.395. The highest BCUT2D eigenvalue weighted by Gasteiger charge is 2.23. The molecule has 0 aliphatic carbocycles. The van der Waals surface area contributed by atoms with Gasteiger partial charge in [0.25, 0.3) is 5.91 Å². The Kier molecular flexibility index (Phi) is 5.19. The zero-order valence-electron chi connectivity index (χ0n) is 12.1. The smallest absolute Gasteiger partial charge is 0.257 e. The molecule has 4 N–H and O–H groups in total. The topological polar surface area (TPSA) is 83.3 Å². The summed E-state index contributed by atoms with van der Waals surface area (Å²) in [4.78, 5) is 14.3. The van der Waals surface area contributed by atoms with Crippen LogP contribution in [0.25, 0.3) is 0 Å². The summed E-state index contributed by atoms with van der Waals surface area (Å²) in [6.07, 6.45) is 3.38. The van der Waals surface area contributed by atoms with E-state index in [1.165, 1.54) is 24.5 Å². The second-order valence-corrected chi connectivity index (χ2v) is 5.88. The van der Waals surface area contributed by atoms with E-state index in [2.05, 4.69) is 26.8 Å². The van der Waals surface area contributed by atoms with Crippen molar-refractivity contribution in [1.29, 1.82) is 0 Å². The summed E-state index contributed by atoms with van der Waals surface area (Å²) >= 11 is 1.26. The Morgan fingerprint density at radius 3 is 2.80 bits per heavy atom. The van der Waals surface area contributed by atoms with Gasteiger partial charge in [-0.15, -0.1) is 0 Å². The maximum Gasteiger partial charge on any atom is 0.257 e. The largest absolute Gasteiger partial charge is 0.382 e. The van der Waals surface area contributed by atoms with Crippen molar-refractivity contribution in [3.63, 3.8) is 0 Å². The number of likely N-dealkylation sites (tertiary alicyclic amines) is 1. The number of nitrogens with one attached hydrogen (secondary N) is 2. The van der Waals surface area contributed by atoms with Crippen LogP contribution in [0.2, 0.25) is 0 Å². The molecule has 1 amide bonds. The van der Waals surface area contributed by atoms with E-state index in [1.807, 2.05) is 0 Å². The molecule has 1 fully saturated rings. The molecule has 6 nitrogen and oxygen atoms in total. The Bertz CT molecular complexity index is 454. The number of nitrogen functional groups attached to an aromatic ring is 1. The first-order valence-electron chi connectivity index (χ1n) is 7.11. The number of carbonyl (C=O) groups is 1. The lowest BCUT2D eigenvalue weighted by atomic mass is 10.0. The fraction of sp³-hybridized carbons (Fsp3) is 0.692. The molecule has 0 aromatic carbocycles. The molecule has 1 aliphatic rings. The highest BCUT2D eigenvalue weighted by molar-refractivity contribution is 7.11. The molecule has 0 saturated carbocycles. The van der Waals surface area contributed by atoms with Gasteiger partial charge in [-0.25, -0.2) is 0 Å². The molecule has 1 aromatic rings. The maximum atomic E-state index is 11.8. The van der Waals surface area contributed by atoms with Crippen molar-refractivity contribution in [2.24, 2.45) is 0 Å².